The Bertz CT molecular complexity index is 615. The van der Waals surface area contributed by atoms with Crippen molar-refractivity contribution in [3.8, 4) is 11.5 Å². The van der Waals surface area contributed by atoms with Crippen molar-refractivity contribution in [1.29, 1.82) is 0 Å². The number of aliphatic hydroxyl groups is 1. The van der Waals surface area contributed by atoms with E-state index in [0.717, 1.165) is 5.56 Å². The molecule has 1 N–H and O–H groups in total. The van der Waals surface area contributed by atoms with Gasteiger partial charge in [-0.1, -0.05) is 31.5 Å². The monoisotopic (exact) mass is 292 g/mol. The van der Waals surface area contributed by atoms with Crippen molar-refractivity contribution in [2.45, 2.75) is 33.3 Å². The van der Waals surface area contributed by atoms with E-state index in [0.29, 0.717) is 28.0 Å². The van der Waals surface area contributed by atoms with Gasteiger partial charge in [-0.15, -0.1) is 0 Å². The second-order valence-electron chi connectivity index (χ2n) is 4.89. The van der Waals surface area contributed by atoms with Gasteiger partial charge in [0.25, 0.3) is 0 Å². The lowest BCUT2D eigenvalue weighted by atomic mass is 10.2. The average molecular weight is 293 g/mol. The molecular weight excluding hydrogens is 276 g/mol. The smallest absolute Gasteiger partial charge is 0.169 e. The Hall–Kier alpha value is -1.65. The van der Waals surface area contributed by atoms with Gasteiger partial charge in [-0.25, -0.2) is 9.97 Å². The third-order valence-electron chi connectivity index (χ3n) is 2.82. The summed E-state index contributed by atoms with van der Waals surface area (Å²) in [5, 5.41) is 9.93. The molecule has 0 aliphatic carbocycles. The molecule has 2 rings (SSSR count). The predicted octanol–water partition coefficient (Wildman–Crippen LogP) is 3.85. The summed E-state index contributed by atoms with van der Waals surface area (Å²) in [5.41, 5.74) is 1.51. The van der Waals surface area contributed by atoms with Gasteiger partial charge in [0.05, 0.1) is 17.8 Å². The molecule has 5 heteroatoms. The molecule has 0 atom stereocenters. The average Bonchev–Trinajstić information content (AvgIpc) is 2.42. The zero-order valence-corrected chi connectivity index (χ0v) is 12.5. The number of aromatic nitrogens is 2. The predicted molar refractivity (Wildman–Crippen MR) is 78.3 cm³/mol. The van der Waals surface area contributed by atoms with E-state index >= 15 is 0 Å². The highest BCUT2D eigenvalue weighted by Gasteiger charge is 2.12. The number of halogens is 1. The summed E-state index contributed by atoms with van der Waals surface area (Å²) in [7, 11) is 0. The molecule has 0 fully saturated rings. The summed E-state index contributed by atoms with van der Waals surface area (Å²) in [5.74, 6) is 1.81. The summed E-state index contributed by atoms with van der Waals surface area (Å²) >= 11 is 6.13. The zero-order chi connectivity index (χ0) is 14.7. The van der Waals surface area contributed by atoms with Crippen LogP contribution in [0.2, 0.25) is 5.02 Å². The molecular formula is C15H17ClN2O2. The van der Waals surface area contributed by atoms with E-state index in [1.165, 1.54) is 0 Å². The first kappa shape index (κ1) is 14.8. The lowest BCUT2D eigenvalue weighted by Crippen LogP contribution is -2.03. The molecule has 2 aromatic rings. The number of aryl methyl sites for hydroxylation is 1. The van der Waals surface area contributed by atoms with Crippen molar-refractivity contribution in [2.24, 2.45) is 0 Å². The van der Waals surface area contributed by atoms with E-state index in [-0.39, 0.29) is 12.5 Å². The van der Waals surface area contributed by atoms with E-state index in [9.17, 15) is 5.11 Å². The Morgan fingerprint density at radius 3 is 2.65 bits per heavy atom. The van der Waals surface area contributed by atoms with Crippen LogP contribution in [0.5, 0.6) is 11.5 Å². The van der Waals surface area contributed by atoms with E-state index in [2.05, 4.69) is 9.97 Å². The van der Waals surface area contributed by atoms with E-state index < -0.39 is 0 Å². The van der Waals surface area contributed by atoms with Crippen LogP contribution in [-0.4, -0.2) is 15.1 Å². The molecule has 0 bridgehead atoms. The SMILES string of the molecule is Cc1ccc(Oc2cnc(C(C)C)nc2CO)c(Cl)c1. The number of benzene rings is 1. The first-order valence-corrected chi connectivity index (χ1v) is 6.79. The maximum absolute atomic E-state index is 9.41. The van der Waals surface area contributed by atoms with Crippen LogP contribution in [0.3, 0.4) is 0 Å². The first-order chi connectivity index (χ1) is 9.51. The second-order valence-corrected chi connectivity index (χ2v) is 5.30. The minimum atomic E-state index is -0.207. The maximum Gasteiger partial charge on any atom is 0.169 e. The Balaban J connectivity index is 2.33. The number of hydrogen-bond donors (Lipinski definition) is 1. The number of rotatable bonds is 4. The van der Waals surface area contributed by atoms with Crippen LogP contribution in [-0.2, 0) is 6.61 Å². The molecule has 1 aromatic carbocycles. The van der Waals surface area contributed by atoms with Gasteiger partial charge in [0.15, 0.2) is 5.75 Å². The Morgan fingerprint density at radius 2 is 2.05 bits per heavy atom. The van der Waals surface area contributed by atoms with Gasteiger partial charge in [-0.3, -0.25) is 0 Å². The van der Waals surface area contributed by atoms with E-state index in [4.69, 9.17) is 16.3 Å². The topological polar surface area (TPSA) is 55.2 Å². The Kier molecular flexibility index (Phi) is 4.57. The molecule has 0 aliphatic heterocycles. The van der Waals surface area contributed by atoms with Crippen LogP contribution in [0.25, 0.3) is 0 Å². The quantitative estimate of drug-likeness (QED) is 0.930. The largest absolute Gasteiger partial charge is 0.452 e. The maximum atomic E-state index is 9.41. The lowest BCUT2D eigenvalue weighted by molar-refractivity contribution is 0.270. The van der Waals surface area contributed by atoms with Crippen molar-refractivity contribution >= 4 is 11.6 Å². The molecule has 1 aromatic heterocycles. The summed E-state index contributed by atoms with van der Waals surface area (Å²) in [6.07, 6.45) is 1.57. The fourth-order valence-corrected chi connectivity index (χ4v) is 1.98. The Morgan fingerprint density at radius 1 is 1.30 bits per heavy atom. The fourth-order valence-electron chi connectivity index (χ4n) is 1.71. The molecule has 0 saturated heterocycles. The number of aliphatic hydroxyl groups excluding tert-OH is 1. The van der Waals surface area contributed by atoms with Crippen molar-refractivity contribution in [3.05, 3.63) is 46.5 Å². The number of nitrogens with zero attached hydrogens (tertiary/aromatic N) is 2. The van der Waals surface area contributed by atoms with Gasteiger partial charge < -0.3 is 9.84 Å². The van der Waals surface area contributed by atoms with Crippen LogP contribution in [0.1, 0.15) is 36.8 Å². The van der Waals surface area contributed by atoms with Gasteiger partial charge in [0.1, 0.15) is 17.3 Å². The van der Waals surface area contributed by atoms with Crippen LogP contribution in [0.4, 0.5) is 0 Å². The second kappa shape index (κ2) is 6.20. The molecule has 0 aliphatic rings. The van der Waals surface area contributed by atoms with Crippen LogP contribution in [0.15, 0.2) is 24.4 Å². The third kappa shape index (κ3) is 3.26. The van der Waals surface area contributed by atoms with Gasteiger partial charge in [-0.2, -0.15) is 0 Å². The van der Waals surface area contributed by atoms with E-state index in [1.54, 1.807) is 12.3 Å². The highest BCUT2D eigenvalue weighted by molar-refractivity contribution is 6.32. The van der Waals surface area contributed by atoms with Crippen molar-refractivity contribution in [2.75, 3.05) is 0 Å². The minimum Gasteiger partial charge on any atom is -0.452 e. The molecule has 0 saturated carbocycles. The molecule has 0 unspecified atom stereocenters. The van der Waals surface area contributed by atoms with Crippen LogP contribution >= 0.6 is 11.6 Å². The van der Waals surface area contributed by atoms with Gasteiger partial charge in [0.2, 0.25) is 0 Å². The number of ether oxygens (including phenoxy) is 1. The molecule has 106 valence electrons. The fraction of sp³-hybridized carbons (Fsp3) is 0.333. The molecule has 20 heavy (non-hydrogen) atoms. The summed E-state index contributed by atoms with van der Waals surface area (Å²) in [4.78, 5) is 8.54. The summed E-state index contributed by atoms with van der Waals surface area (Å²) in [6, 6.07) is 5.51. The highest BCUT2D eigenvalue weighted by Crippen LogP contribution is 2.31. The van der Waals surface area contributed by atoms with Gasteiger partial charge >= 0.3 is 0 Å². The zero-order valence-electron chi connectivity index (χ0n) is 11.7. The first-order valence-electron chi connectivity index (χ1n) is 6.42. The molecule has 0 spiro atoms. The van der Waals surface area contributed by atoms with Gasteiger partial charge in [0, 0.05) is 5.92 Å². The summed E-state index contributed by atoms with van der Waals surface area (Å²) < 4.78 is 5.70. The van der Waals surface area contributed by atoms with E-state index in [1.807, 2.05) is 32.9 Å². The lowest BCUT2D eigenvalue weighted by Gasteiger charge is -2.12. The number of hydrogen-bond acceptors (Lipinski definition) is 4. The van der Waals surface area contributed by atoms with Crippen molar-refractivity contribution < 1.29 is 9.84 Å². The molecule has 0 amide bonds. The minimum absolute atomic E-state index is 0.192. The van der Waals surface area contributed by atoms with Crippen molar-refractivity contribution in [3.63, 3.8) is 0 Å². The summed E-state index contributed by atoms with van der Waals surface area (Å²) in [6.45, 7) is 5.73. The van der Waals surface area contributed by atoms with Gasteiger partial charge in [-0.05, 0) is 24.6 Å². The Labute approximate surface area is 123 Å². The molecule has 0 radical (unpaired) electrons. The third-order valence-corrected chi connectivity index (χ3v) is 3.12. The van der Waals surface area contributed by atoms with Crippen LogP contribution in [0, 0.1) is 6.92 Å². The molecule has 1 heterocycles. The normalized spacial score (nSPS) is 10.9. The van der Waals surface area contributed by atoms with Crippen LogP contribution < -0.4 is 4.74 Å². The highest BCUT2D eigenvalue weighted by atomic mass is 35.5. The van der Waals surface area contributed by atoms with Crippen molar-refractivity contribution in [1.82, 2.24) is 9.97 Å². The molecule has 4 nitrogen and oxygen atoms in total. The standard InChI is InChI=1S/C15H17ClN2O2/c1-9(2)15-17-7-14(12(8-19)18-15)20-13-5-4-10(3)6-11(13)16/h4-7,9,19H,8H2,1-3H3.